The van der Waals surface area contributed by atoms with E-state index >= 15 is 0 Å². The van der Waals surface area contributed by atoms with Gasteiger partial charge in [-0.2, -0.15) is 0 Å². The first-order valence-corrected chi connectivity index (χ1v) is 5.56. The molecule has 0 bridgehead atoms. The molecule has 0 heterocycles. The summed E-state index contributed by atoms with van der Waals surface area (Å²) in [6, 6.07) is 6.55. The highest BCUT2D eigenvalue weighted by molar-refractivity contribution is 9.09. The Labute approximate surface area is 88.8 Å². The smallest absolute Gasteiger partial charge is 0.0242 e. The number of alkyl halides is 1. The fraction of sp³-hybridized carbons (Fsp3) is 0.333. The average Bonchev–Trinajstić information content (AvgIpc) is 2.11. The van der Waals surface area contributed by atoms with E-state index in [0.29, 0.717) is 0 Å². The minimum absolute atomic E-state index is 0.944. The highest BCUT2D eigenvalue weighted by Crippen LogP contribution is 2.13. The van der Waals surface area contributed by atoms with E-state index in [2.05, 4.69) is 61.0 Å². The Bertz CT molecular complexity index is 324. The van der Waals surface area contributed by atoms with E-state index in [1.165, 1.54) is 22.3 Å². The van der Waals surface area contributed by atoms with Crippen molar-refractivity contribution in [3.63, 3.8) is 0 Å². The molecule has 0 unspecified atom stereocenters. The van der Waals surface area contributed by atoms with Crippen molar-refractivity contribution in [3.05, 3.63) is 40.5 Å². The van der Waals surface area contributed by atoms with Crippen LogP contribution in [0.25, 0.3) is 6.08 Å². The highest BCUT2D eigenvalue weighted by atomic mass is 79.9. The van der Waals surface area contributed by atoms with E-state index in [9.17, 15) is 0 Å². The molecule has 0 aliphatic rings. The minimum atomic E-state index is 0.944. The largest absolute Gasteiger partial charge is 0.0880 e. The Kier molecular flexibility index (Phi) is 3.73. The van der Waals surface area contributed by atoms with Crippen LogP contribution in [-0.4, -0.2) is 5.33 Å². The van der Waals surface area contributed by atoms with Crippen LogP contribution in [0.3, 0.4) is 0 Å². The normalized spacial score (nSPS) is 11.8. The molecule has 1 aromatic carbocycles. The standard InChI is InChI=1S/C12H15Br/c1-9(8-13)6-12-5-4-10(2)11(3)7-12/h4-7H,8H2,1-3H3. The zero-order valence-electron chi connectivity index (χ0n) is 8.39. The number of benzene rings is 1. The van der Waals surface area contributed by atoms with Crippen molar-refractivity contribution in [2.45, 2.75) is 20.8 Å². The molecule has 1 rings (SSSR count). The molecule has 70 valence electrons. The van der Waals surface area contributed by atoms with Crippen molar-refractivity contribution in [2.24, 2.45) is 0 Å². The molecule has 0 atom stereocenters. The summed E-state index contributed by atoms with van der Waals surface area (Å²) < 4.78 is 0. The summed E-state index contributed by atoms with van der Waals surface area (Å²) in [6.45, 7) is 6.42. The Hall–Kier alpha value is -0.560. The van der Waals surface area contributed by atoms with E-state index in [0.717, 1.165) is 5.33 Å². The van der Waals surface area contributed by atoms with E-state index in [1.54, 1.807) is 0 Å². The number of aryl methyl sites for hydroxylation is 2. The Morgan fingerprint density at radius 3 is 2.54 bits per heavy atom. The second-order valence-corrected chi connectivity index (χ2v) is 4.03. The van der Waals surface area contributed by atoms with Gasteiger partial charge in [0.1, 0.15) is 0 Å². The first-order chi connectivity index (χ1) is 6.13. The third kappa shape index (κ3) is 3.00. The lowest BCUT2D eigenvalue weighted by molar-refractivity contribution is 1.33. The average molecular weight is 239 g/mol. The number of allylic oxidation sites excluding steroid dienone is 1. The van der Waals surface area contributed by atoms with Gasteiger partial charge in [-0.1, -0.05) is 45.8 Å². The van der Waals surface area contributed by atoms with Crippen LogP contribution in [-0.2, 0) is 0 Å². The molecule has 0 aromatic heterocycles. The first kappa shape index (κ1) is 10.5. The molecule has 0 fully saturated rings. The van der Waals surface area contributed by atoms with E-state index in [-0.39, 0.29) is 0 Å². The van der Waals surface area contributed by atoms with Gasteiger partial charge in [0.05, 0.1) is 0 Å². The predicted molar refractivity (Wildman–Crippen MR) is 63.4 cm³/mol. The van der Waals surface area contributed by atoms with Gasteiger partial charge in [0.25, 0.3) is 0 Å². The van der Waals surface area contributed by atoms with Gasteiger partial charge in [-0.25, -0.2) is 0 Å². The lowest BCUT2D eigenvalue weighted by atomic mass is 10.1. The molecule has 0 radical (unpaired) electrons. The van der Waals surface area contributed by atoms with Crippen molar-refractivity contribution in [2.75, 3.05) is 5.33 Å². The topological polar surface area (TPSA) is 0 Å². The lowest BCUT2D eigenvalue weighted by Gasteiger charge is -2.01. The molecule has 13 heavy (non-hydrogen) atoms. The Balaban J connectivity index is 2.98. The van der Waals surface area contributed by atoms with Gasteiger partial charge < -0.3 is 0 Å². The van der Waals surface area contributed by atoms with Gasteiger partial charge in [-0.15, -0.1) is 0 Å². The van der Waals surface area contributed by atoms with Gasteiger partial charge in [-0.3, -0.25) is 0 Å². The molecule has 0 nitrogen and oxygen atoms in total. The molecule has 1 heteroatoms. The number of halogens is 1. The highest BCUT2D eigenvalue weighted by Gasteiger charge is 1.93. The molecule has 0 spiro atoms. The fourth-order valence-electron chi connectivity index (χ4n) is 1.18. The third-order valence-corrected chi connectivity index (χ3v) is 3.04. The first-order valence-electron chi connectivity index (χ1n) is 4.44. The summed E-state index contributed by atoms with van der Waals surface area (Å²) in [4.78, 5) is 0. The quantitative estimate of drug-likeness (QED) is 0.681. The fourth-order valence-corrected chi connectivity index (χ4v) is 1.34. The SMILES string of the molecule is CC(=Cc1ccc(C)c(C)c1)CBr. The molecule has 0 aliphatic carbocycles. The lowest BCUT2D eigenvalue weighted by Crippen LogP contribution is -1.83. The molecular formula is C12H15Br. The summed E-state index contributed by atoms with van der Waals surface area (Å²) in [5.74, 6) is 0. The maximum Gasteiger partial charge on any atom is 0.0242 e. The summed E-state index contributed by atoms with van der Waals surface area (Å²) in [5, 5.41) is 0.944. The van der Waals surface area contributed by atoms with Gasteiger partial charge in [-0.05, 0) is 37.5 Å². The van der Waals surface area contributed by atoms with Crippen molar-refractivity contribution in [1.29, 1.82) is 0 Å². The summed E-state index contributed by atoms with van der Waals surface area (Å²) in [6.07, 6.45) is 2.21. The molecule has 1 aromatic rings. The van der Waals surface area contributed by atoms with Gasteiger partial charge >= 0.3 is 0 Å². The monoisotopic (exact) mass is 238 g/mol. The van der Waals surface area contributed by atoms with E-state index in [1.807, 2.05) is 0 Å². The zero-order chi connectivity index (χ0) is 9.84. The number of hydrogen-bond acceptors (Lipinski definition) is 0. The number of rotatable bonds is 2. The minimum Gasteiger partial charge on any atom is -0.0880 e. The molecular weight excluding hydrogens is 224 g/mol. The molecule has 0 saturated heterocycles. The van der Waals surface area contributed by atoms with Crippen LogP contribution in [0.2, 0.25) is 0 Å². The maximum absolute atomic E-state index is 3.44. The van der Waals surface area contributed by atoms with Gasteiger partial charge in [0.15, 0.2) is 0 Å². The zero-order valence-corrected chi connectivity index (χ0v) is 9.98. The van der Waals surface area contributed by atoms with Crippen molar-refractivity contribution in [1.82, 2.24) is 0 Å². The molecule has 0 N–H and O–H groups in total. The summed E-state index contributed by atoms with van der Waals surface area (Å²) >= 11 is 3.44. The van der Waals surface area contributed by atoms with Crippen LogP contribution < -0.4 is 0 Å². The van der Waals surface area contributed by atoms with Gasteiger partial charge in [0, 0.05) is 5.33 Å². The maximum atomic E-state index is 3.44. The Morgan fingerprint density at radius 2 is 2.00 bits per heavy atom. The second kappa shape index (κ2) is 4.61. The van der Waals surface area contributed by atoms with E-state index < -0.39 is 0 Å². The second-order valence-electron chi connectivity index (χ2n) is 3.47. The molecule has 0 amide bonds. The van der Waals surface area contributed by atoms with Crippen molar-refractivity contribution >= 4 is 22.0 Å². The van der Waals surface area contributed by atoms with Crippen LogP contribution in [0.4, 0.5) is 0 Å². The number of hydrogen-bond donors (Lipinski definition) is 0. The van der Waals surface area contributed by atoms with Crippen LogP contribution in [0.5, 0.6) is 0 Å². The third-order valence-electron chi connectivity index (χ3n) is 2.15. The van der Waals surface area contributed by atoms with Crippen LogP contribution in [0.1, 0.15) is 23.6 Å². The summed E-state index contributed by atoms with van der Waals surface area (Å²) in [7, 11) is 0. The van der Waals surface area contributed by atoms with Crippen LogP contribution >= 0.6 is 15.9 Å². The molecule has 0 aliphatic heterocycles. The van der Waals surface area contributed by atoms with Gasteiger partial charge in [0.2, 0.25) is 0 Å². The van der Waals surface area contributed by atoms with E-state index in [4.69, 9.17) is 0 Å². The van der Waals surface area contributed by atoms with Crippen LogP contribution in [0.15, 0.2) is 23.8 Å². The van der Waals surface area contributed by atoms with Crippen molar-refractivity contribution in [3.8, 4) is 0 Å². The van der Waals surface area contributed by atoms with Crippen LogP contribution in [0, 0.1) is 13.8 Å². The summed E-state index contributed by atoms with van der Waals surface area (Å²) in [5.41, 5.74) is 5.35. The predicted octanol–water partition coefficient (Wildman–Crippen LogP) is 4.10. The molecule has 0 saturated carbocycles. The van der Waals surface area contributed by atoms with Crippen molar-refractivity contribution < 1.29 is 0 Å². The Morgan fingerprint density at radius 1 is 1.31 bits per heavy atom.